The molecule has 20 heavy (non-hydrogen) atoms. The van der Waals surface area contributed by atoms with Crippen LogP contribution in [0.3, 0.4) is 0 Å². The minimum atomic E-state index is 0.475. The summed E-state index contributed by atoms with van der Waals surface area (Å²) in [5.41, 5.74) is 8.64. The first-order valence-electron chi connectivity index (χ1n) is 7.77. The molecule has 0 spiro atoms. The van der Waals surface area contributed by atoms with E-state index in [1.807, 2.05) is 13.0 Å². The Morgan fingerprint density at radius 2 is 2.15 bits per heavy atom. The summed E-state index contributed by atoms with van der Waals surface area (Å²) in [6, 6.07) is 6.29. The molecule has 108 valence electrons. The summed E-state index contributed by atoms with van der Waals surface area (Å²) < 4.78 is 5.63. The van der Waals surface area contributed by atoms with Crippen molar-refractivity contribution in [1.82, 2.24) is 4.98 Å². The minimum absolute atomic E-state index is 0.475. The second-order valence-electron chi connectivity index (χ2n) is 5.77. The maximum absolute atomic E-state index is 6.09. The largest absolute Gasteiger partial charge is 0.494 e. The van der Waals surface area contributed by atoms with Crippen LogP contribution in [0.1, 0.15) is 44.1 Å². The summed E-state index contributed by atoms with van der Waals surface area (Å²) in [6.07, 6.45) is 7.50. The summed E-state index contributed by atoms with van der Waals surface area (Å²) in [7, 11) is 0. The van der Waals surface area contributed by atoms with Crippen LogP contribution >= 0.6 is 0 Å². The Balaban J connectivity index is 1.98. The van der Waals surface area contributed by atoms with Gasteiger partial charge in [-0.25, -0.2) is 0 Å². The van der Waals surface area contributed by atoms with Crippen LogP contribution in [-0.4, -0.2) is 18.1 Å². The lowest BCUT2D eigenvalue weighted by Crippen LogP contribution is -2.19. The van der Waals surface area contributed by atoms with Crippen LogP contribution in [0.4, 0.5) is 0 Å². The number of fused-ring (bicyclic) bond motifs is 1. The van der Waals surface area contributed by atoms with Crippen molar-refractivity contribution in [3.05, 3.63) is 30.0 Å². The van der Waals surface area contributed by atoms with Crippen molar-refractivity contribution in [2.24, 2.45) is 11.7 Å². The lowest BCUT2D eigenvalue weighted by atomic mass is 9.85. The number of benzene rings is 1. The molecule has 1 aromatic heterocycles. The number of hydrogen-bond acceptors (Lipinski definition) is 2. The van der Waals surface area contributed by atoms with E-state index >= 15 is 0 Å². The molecule has 0 aliphatic heterocycles. The minimum Gasteiger partial charge on any atom is -0.494 e. The van der Waals surface area contributed by atoms with Gasteiger partial charge < -0.3 is 15.5 Å². The van der Waals surface area contributed by atoms with Crippen molar-refractivity contribution in [3.8, 4) is 5.75 Å². The number of hydrogen-bond donors (Lipinski definition) is 2. The Kier molecular flexibility index (Phi) is 3.97. The van der Waals surface area contributed by atoms with Crippen molar-refractivity contribution in [3.63, 3.8) is 0 Å². The lowest BCUT2D eigenvalue weighted by Gasteiger charge is -2.21. The van der Waals surface area contributed by atoms with Crippen molar-refractivity contribution >= 4 is 10.9 Å². The molecular formula is C17H24N2O. The number of ether oxygens (including phenoxy) is 1. The van der Waals surface area contributed by atoms with Crippen LogP contribution in [0.2, 0.25) is 0 Å². The van der Waals surface area contributed by atoms with Crippen molar-refractivity contribution in [2.75, 3.05) is 13.2 Å². The first-order valence-corrected chi connectivity index (χ1v) is 7.77. The van der Waals surface area contributed by atoms with E-state index in [1.165, 1.54) is 42.1 Å². The SMILES string of the molecule is CCOc1ccc2[nH]cc(C(CN)C3CCCC3)c2c1. The van der Waals surface area contributed by atoms with Gasteiger partial charge in [0.05, 0.1) is 6.61 Å². The smallest absolute Gasteiger partial charge is 0.120 e. The van der Waals surface area contributed by atoms with Gasteiger partial charge in [-0.1, -0.05) is 12.8 Å². The van der Waals surface area contributed by atoms with E-state index in [4.69, 9.17) is 10.5 Å². The lowest BCUT2D eigenvalue weighted by molar-refractivity contribution is 0.340. The van der Waals surface area contributed by atoms with Crippen molar-refractivity contribution < 1.29 is 4.74 Å². The molecule has 1 heterocycles. The number of rotatable bonds is 5. The first kappa shape index (κ1) is 13.5. The van der Waals surface area contributed by atoms with E-state index in [0.717, 1.165) is 18.2 Å². The van der Waals surface area contributed by atoms with E-state index in [-0.39, 0.29) is 0 Å². The zero-order chi connectivity index (χ0) is 13.9. The Labute approximate surface area is 120 Å². The van der Waals surface area contributed by atoms with E-state index in [0.29, 0.717) is 12.5 Å². The summed E-state index contributed by atoms with van der Waals surface area (Å²) in [6.45, 7) is 3.45. The summed E-state index contributed by atoms with van der Waals surface area (Å²) >= 11 is 0. The van der Waals surface area contributed by atoms with E-state index in [1.54, 1.807) is 0 Å². The Hall–Kier alpha value is -1.48. The molecule has 1 saturated carbocycles. The molecule has 1 aromatic carbocycles. The molecule has 1 aliphatic carbocycles. The number of aromatic amines is 1. The predicted octanol–water partition coefficient (Wildman–Crippen LogP) is 3.80. The average molecular weight is 272 g/mol. The molecule has 3 N–H and O–H groups in total. The Morgan fingerprint density at radius 3 is 2.85 bits per heavy atom. The highest BCUT2D eigenvalue weighted by molar-refractivity contribution is 5.85. The molecule has 3 nitrogen and oxygen atoms in total. The van der Waals surface area contributed by atoms with Crippen LogP contribution in [0, 0.1) is 5.92 Å². The molecule has 0 radical (unpaired) electrons. The maximum Gasteiger partial charge on any atom is 0.120 e. The van der Waals surface area contributed by atoms with E-state index < -0.39 is 0 Å². The number of H-pyrrole nitrogens is 1. The van der Waals surface area contributed by atoms with Gasteiger partial charge in [0, 0.05) is 23.0 Å². The summed E-state index contributed by atoms with van der Waals surface area (Å²) in [5.74, 6) is 2.17. The summed E-state index contributed by atoms with van der Waals surface area (Å²) in [5, 5.41) is 1.28. The monoisotopic (exact) mass is 272 g/mol. The zero-order valence-corrected chi connectivity index (χ0v) is 12.2. The number of nitrogens with two attached hydrogens (primary N) is 1. The normalized spacial score (nSPS) is 17.7. The third-order valence-corrected chi connectivity index (χ3v) is 4.62. The third-order valence-electron chi connectivity index (χ3n) is 4.62. The van der Waals surface area contributed by atoms with Gasteiger partial charge in [-0.05, 0) is 56.0 Å². The van der Waals surface area contributed by atoms with Crippen LogP contribution in [0.5, 0.6) is 5.75 Å². The van der Waals surface area contributed by atoms with Crippen LogP contribution < -0.4 is 10.5 Å². The molecule has 2 aromatic rings. The second-order valence-corrected chi connectivity index (χ2v) is 5.77. The fourth-order valence-corrected chi connectivity index (χ4v) is 3.62. The Bertz CT molecular complexity index is 569. The third kappa shape index (κ3) is 2.42. The molecule has 3 heteroatoms. The van der Waals surface area contributed by atoms with Gasteiger partial charge >= 0.3 is 0 Å². The van der Waals surface area contributed by atoms with Gasteiger partial charge in [-0.3, -0.25) is 0 Å². The van der Waals surface area contributed by atoms with Crippen LogP contribution in [0.15, 0.2) is 24.4 Å². The number of aromatic nitrogens is 1. The van der Waals surface area contributed by atoms with Crippen LogP contribution in [-0.2, 0) is 0 Å². The average Bonchev–Trinajstić information content (AvgIpc) is 3.11. The fourth-order valence-electron chi connectivity index (χ4n) is 3.62. The van der Waals surface area contributed by atoms with Crippen molar-refractivity contribution in [1.29, 1.82) is 0 Å². The maximum atomic E-state index is 6.09. The van der Waals surface area contributed by atoms with E-state index in [9.17, 15) is 0 Å². The van der Waals surface area contributed by atoms with Crippen LogP contribution in [0.25, 0.3) is 10.9 Å². The molecule has 0 amide bonds. The summed E-state index contributed by atoms with van der Waals surface area (Å²) in [4.78, 5) is 3.38. The molecule has 1 unspecified atom stereocenters. The highest BCUT2D eigenvalue weighted by Crippen LogP contribution is 2.39. The van der Waals surface area contributed by atoms with Gasteiger partial charge in [0.25, 0.3) is 0 Å². The standard InChI is InChI=1S/C17H24N2O/c1-2-20-13-7-8-17-14(9-13)16(11-19-17)15(10-18)12-5-3-4-6-12/h7-9,11-12,15,19H,2-6,10,18H2,1H3. The molecule has 0 saturated heterocycles. The zero-order valence-electron chi connectivity index (χ0n) is 12.2. The molecule has 0 bridgehead atoms. The van der Waals surface area contributed by atoms with Gasteiger partial charge in [-0.2, -0.15) is 0 Å². The van der Waals surface area contributed by atoms with E-state index in [2.05, 4.69) is 23.3 Å². The highest BCUT2D eigenvalue weighted by Gasteiger charge is 2.27. The fraction of sp³-hybridized carbons (Fsp3) is 0.529. The molecule has 3 rings (SSSR count). The van der Waals surface area contributed by atoms with Gasteiger partial charge in [0.2, 0.25) is 0 Å². The second kappa shape index (κ2) is 5.88. The number of nitrogens with one attached hydrogen (secondary N) is 1. The topological polar surface area (TPSA) is 51.0 Å². The molecule has 1 fully saturated rings. The highest BCUT2D eigenvalue weighted by atomic mass is 16.5. The molecule has 1 atom stereocenters. The van der Waals surface area contributed by atoms with Crippen molar-refractivity contribution in [2.45, 2.75) is 38.5 Å². The predicted molar refractivity (Wildman–Crippen MR) is 83.2 cm³/mol. The molecule has 1 aliphatic rings. The van der Waals surface area contributed by atoms with Gasteiger partial charge in [0.1, 0.15) is 5.75 Å². The Morgan fingerprint density at radius 1 is 1.35 bits per heavy atom. The first-order chi connectivity index (χ1) is 9.83. The molecular weight excluding hydrogens is 248 g/mol. The quantitative estimate of drug-likeness (QED) is 0.869. The van der Waals surface area contributed by atoms with Gasteiger partial charge in [-0.15, -0.1) is 0 Å². The van der Waals surface area contributed by atoms with Gasteiger partial charge in [0.15, 0.2) is 0 Å².